The van der Waals surface area contributed by atoms with Gasteiger partial charge in [-0.25, -0.2) is 0 Å². The van der Waals surface area contributed by atoms with Gasteiger partial charge in [0.1, 0.15) is 0 Å². The molecule has 4 heteroatoms. The summed E-state index contributed by atoms with van der Waals surface area (Å²) in [5.41, 5.74) is 0.792. The number of aliphatic hydroxyl groups is 1. The Morgan fingerprint density at radius 2 is 1.57 bits per heavy atom. The van der Waals surface area contributed by atoms with Crippen LogP contribution in [-0.4, -0.2) is 28.0 Å². The van der Waals surface area contributed by atoms with Gasteiger partial charge in [0, 0.05) is 23.5 Å². The zero-order valence-corrected chi connectivity index (χ0v) is 14.3. The van der Waals surface area contributed by atoms with E-state index in [9.17, 15) is 9.90 Å². The molecule has 1 N–H and O–H groups in total. The first-order chi connectivity index (χ1) is 9.73. The van der Waals surface area contributed by atoms with Crippen molar-refractivity contribution in [2.24, 2.45) is 5.92 Å². The molecule has 0 bridgehead atoms. The van der Waals surface area contributed by atoms with Crippen molar-refractivity contribution >= 4 is 17.5 Å². The Morgan fingerprint density at radius 3 is 2.00 bits per heavy atom. The van der Waals surface area contributed by atoms with Crippen LogP contribution in [-0.2, 0) is 4.79 Å². The molecule has 0 unspecified atom stereocenters. The number of amides is 1. The molecule has 1 aromatic rings. The Labute approximate surface area is 132 Å². The average Bonchev–Trinajstić information content (AvgIpc) is 2.37. The number of halogens is 1. The molecule has 0 radical (unpaired) electrons. The van der Waals surface area contributed by atoms with Crippen LogP contribution in [0.15, 0.2) is 24.3 Å². The van der Waals surface area contributed by atoms with Crippen molar-refractivity contribution < 1.29 is 9.90 Å². The second-order valence-electron chi connectivity index (χ2n) is 6.17. The number of hydrogen-bond acceptors (Lipinski definition) is 2. The molecule has 0 aliphatic rings. The number of aliphatic hydroxyl groups excluding tert-OH is 1. The van der Waals surface area contributed by atoms with Crippen LogP contribution < -0.4 is 0 Å². The Bertz CT molecular complexity index is 448. The molecule has 0 fully saturated rings. The smallest absolute Gasteiger partial charge is 0.223 e. The minimum absolute atomic E-state index is 0.0838. The van der Waals surface area contributed by atoms with Crippen molar-refractivity contribution in [1.29, 1.82) is 0 Å². The molecule has 1 aromatic carbocycles. The third kappa shape index (κ3) is 5.01. The minimum atomic E-state index is -0.660. The molecular weight excluding hydrogens is 286 g/mol. The molecule has 118 valence electrons. The number of carbonyl (C=O) groups excluding carboxylic acids is 1. The number of hydrogen-bond donors (Lipinski definition) is 1. The van der Waals surface area contributed by atoms with Crippen molar-refractivity contribution in [1.82, 2.24) is 4.90 Å². The van der Waals surface area contributed by atoms with Crippen LogP contribution in [0.2, 0.25) is 5.02 Å². The van der Waals surface area contributed by atoms with E-state index >= 15 is 0 Å². The summed E-state index contributed by atoms with van der Waals surface area (Å²) in [4.78, 5) is 14.3. The molecule has 1 amide bonds. The highest BCUT2D eigenvalue weighted by Gasteiger charge is 2.25. The molecule has 21 heavy (non-hydrogen) atoms. The lowest BCUT2D eigenvalue weighted by molar-refractivity contribution is -0.136. The van der Waals surface area contributed by atoms with Crippen molar-refractivity contribution in [3.05, 3.63) is 34.9 Å². The lowest BCUT2D eigenvalue weighted by Gasteiger charge is -2.32. The lowest BCUT2D eigenvalue weighted by Crippen LogP contribution is -2.42. The van der Waals surface area contributed by atoms with E-state index in [2.05, 4.69) is 0 Å². The van der Waals surface area contributed by atoms with E-state index < -0.39 is 6.10 Å². The molecule has 2 atom stereocenters. The van der Waals surface area contributed by atoms with Gasteiger partial charge in [-0.05, 0) is 51.3 Å². The third-order valence-corrected chi connectivity index (χ3v) is 3.90. The minimum Gasteiger partial charge on any atom is -0.388 e. The summed E-state index contributed by atoms with van der Waals surface area (Å²) in [6, 6.07) is 7.44. The number of rotatable bonds is 6. The van der Waals surface area contributed by atoms with Gasteiger partial charge >= 0.3 is 0 Å². The second kappa shape index (κ2) is 7.81. The van der Waals surface area contributed by atoms with Crippen molar-refractivity contribution in [2.45, 2.75) is 59.2 Å². The standard InChI is InChI=1S/C17H26ClNO2/c1-11(2)19(12(3)4)16(20)10-13(5)17(21)14-6-8-15(18)9-7-14/h6-9,11-13,17,21H,10H2,1-5H3/t13-,17+/m1/s1. The van der Waals surface area contributed by atoms with E-state index in [0.29, 0.717) is 11.4 Å². The SMILES string of the molecule is CC(C)N(C(=O)C[C@@H](C)[C@H](O)c1ccc(Cl)cc1)C(C)C. The maximum Gasteiger partial charge on any atom is 0.223 e. The van der Waals surface area contributed by atoms with E-state index in [1.54, 1.807) is 24.3 Å². The zero-order valence-electron chi connectivity index (χ0n) is 13.5. The van der Waals surface area contributed by atoms with Gasteiger partial charge < -0.3 is 10.0 Å². The van der Waals surface area contributed by atoms with Gasteiger partial charge in [0.05, 0.1) is 6.10 Å². The molecular formula is C17H26ClNO2. The van der Waals surface area contributed by atoms with E-state index in [1.807, 2.05) is 39.5 Å². The quantitative estimate of drug-likeness (QED) is 0.861. The first kappa shape index (κ1) is 18.0. The van der Waals surface area contributed by atoms with Crippen LogP contribution in [0.5, 0.6) is 0 Å². The summed E-state index contributed by atoms with van der Waals surface area (Å²) in [6.07, 6.45) is -0.326. The van der Waals surface area contributed by atoms with E-state index in [-0.39, 0.29) is 23.9 Å². The van der Waals surface area contributed by atoms with Gasteiger partial charge in [0.2, 0.25) is 5.91 Å². The predicted molar refractivity (Wildman–Crippen MR) is 87.3 cm³/mol. The van der Waals surface area contributed by atoms with E-state index in [0.717, 1.165) is 5.56 Å². The van der Waals surface area contributed by atoms with Crippen LogP contribution in [0.4, 0.5) is 0 Å². The first-order valence-corrected chi connectivity index (χ1v) is 7.86. The fraction of sp³-hybridized carbons (Fsp3) is 0.588. The highest BCUT2D eigenvalue weighted by molar-refractivity contribution is 6.30. The summed E-state index contributed by atoms with van der Waals surface area (Å²) in [6.45, 7) is 9.95. The fourth-order valence-electron chi connectivity index (χ4n) is 2.65. The topological polar surface area (TPSA) is 40.5 Å². The van der Waals surface area contributed by atoms with Crippen LogP contribution in [0.25, 0.3) is 0 Å². The average molecular weight is 312 g/mol. The normalized spacial score (nSPS) is 14.3. The van der Waals surface area contributed by atoms with Crippen molar-refractivity contribution in [3.63, 3.8) is 0 Å². The van der Waals surface area contributed by atoms with Crippen molar-refractivity contribution in [2.75, 3.05) is 0 Å². The Hall–Kier alpha value is -1.06. The number of nitrogens with zero attached hydrogens (tertiary/aromatic N) is 1. The van der Waals surface area contributed by atoms with Gasteiger partial charge in [-0.1, -0.05) is 30.7 Å². The summed E-state index contributed by atoms with van der Waals surface area (Å²) in [5, 5.41) is 11.0. The molecule has 0 saturated heterocycles. The summed E-state index contributed by atoms with van der Waals surface area (Å²) < 4.78 is 0. The molecule has 0 saturated carbocycles. The van der Waals surface area contributed by atoms with Crippen LogP contribution in [0, 0.1) is 5.92 Å². The summed E-state index contributed by atoms with van der Waals surface area (Å²) in [5.74, 6) is -0.0563. The highest BCUT2D eigenvalue weighted by atomic mass is 35.5. The maximum absolute atomic E-state index is 12.4. The Balaban J connectivity index is 2.73. The van der Waals surface area contributed by atoms with E-state index in [1.165, 1.54) is 0 Å². The summed E-state index contributed by atoms with van der Waals surface area (Å²) >= 11 is 5.85. The Kier molecular flexibility index (Phi) is 6.69. The van der Waals surface area contributed by atoms with Gasteiger partial charge in [-0.15, -0.1) is 0 Å². The molecule has 0 aliphatic carbocycles. The van der Waals surface area contributed by atoms with Crippen molar-refractivity contribution in [3.8, 4) is 0 Å². The maximum atomic E-state index is 12.4. The number of benzene rings is 1. The largest absolute Gasteiger partial charge is 0.388 e. The van der Waals surface area contributed by atoms with Crippen LogP contribution in [0.3, 0.4) is 0 Å². The molecule has 0 aromatic heterocycles. The Morgan fingerprint density at radius 1 is 1.10 bits per heavy atom. The van der Waals surface area contributed by atoms with Gasteiger partial charge in [-0.2, -0.15) is 0 Å². The van der Waals surface area contributed by atoms with Gasteiger partial charge in [-0.3, -0.25) is 4.79 Å². The molecule has 0 aliphatic heterocycles. The van der Waals surface area contributed by atoms with Crippen LogP contribution in [0.1, 0.15) is 52.7 Å². The highest BCUT2D eigenvalue weighted by Crippen LogP contribution is 2.26. The van der Waals surface area contributed by atoms with Gasteiger partial charge in [0.15, 0.2) is 0 Å². The molecule has 3 nitrogen and oxygen atoms in total. The lowest BCUT2D eigenvalue weighted by atomic mass is 9.93. The zero-order chi connectivity index (χ0) is 16.2. The van der Waals surface area contributed by atoms with Crippen LogP contribution >= 0.6 is 11.6 Å². The predicted octanol–water partition coefficient (Wildman–Crippen LogP) is 4.05. The molecule has 0 spiro atoms. The summed E-state index contributed by atoms with van der Waals surface area (Å²) in [7, 11) is 0. The monoisotopic (exact) mass is 311 g/mol. The second-order valence-corrected chi connectivity index (χ2v) is 6.60. The van der Waals surface area contributed by atoms with Gasteiger partial charge in [0.25, 0.3) is 0 Å². The fourth-order valence-corrected chi connectivity index (χ4v) is 2.78. The number of carbonyl (C=O) groups is 1. The third-order valence-electron chi connectivity index (χ3n) is 3.65. The van der Waals surface area contributed by atoms with E-state index in [4.69, 9.17) is 11.6 Å². The first-order valence-electron chi connectivity index (χ1n) is 7.48. The molecule has 1 rings (SSSR count). The molecule has 0 heterocycles.